The number of allylic oxidation sites excluding steroid dienone is 1. The van der Waals surface area contributed by atoms with Gasteiger partial charge >= 0.3 is 0 Å². The number of anilines is 1. The Balaban J connectivity index is 0.000000283. The number of pyridine rings is 1. The Bertz CT molecular complexity index is 1850. The van der Waals surface area contributed by atoms with Crippen LogP contribution in [0.15, 0.2) is 101 Å². The summed E-state index contributed by atoms with van der Waals surface area (Å²) in [6.07, 6.45) is 10.1. The highest BCUT2D eigenvalue weighted by atomic mass is 32.2. The molecule has 0 fully saturated rings. The van der Waals surface area contributed by atoms with E-state index < -0.39 is 10.1 Å². The molecule has 7 nitrogen and oxygen atoms in total. The predicted octanol–water partition coefficient (Wildman–Crippen LogP) is 3.40. The molecule has 40 heavy (non-hydrogen) atoms. The molecule has 0 unspecified atom stereocenters. The molecular weight excluding hydrogens is 542 g/mol. The van der Waals surface area contributed by atoms with Gasteiger partial charge in [-0.1, -0.05) is 48.6 Å². The third-order valence-corrected chi connectivity index (χ3v) is 8.41. The summed E-state index contributed by atoms with van der Waals surface area (Å²) in [5, 5.41) is 0. The lowest BCUT2D eigenvalue weighted by Gasteiger charge is -2.25. The summed E-state index contributed by atoms with van der Waals surface area (Å²) < 4.78 is 36.8. The molecule has 206 valence electrons. The van der Waals surface area contributed by atoms with Crippen LogP contribution in [0.2, 0.25) is 0 Å². The van der Waals surface area contributed by atoms with Gasteiger partial charge in [0.25, 0.3) is 5.56 Å². The Kier molecular flexibility index (Phi) is 8.99. The fraction of sp³-hybridized carbons (Fsp3) is 0.161. The van der Waals surface area contributed by atoms with Crippen LogP contribution in [0.3, 0.4) is 0 Å². The molecule has 0 bridgehead atoms. The summed E-state index contributed by atoms with van der Waals surface area (Å²) in [5.74, 6) is 0. The highest BCUT2D eigenvalue weighted by Gasteiger charge is 2.17. The van der Waals surface area contributed by atoms with Gasteiger partial charge in [-0.15, -0.1) is 11.3 Å². The summed E-state index contributed by atoms with van der Waals surface area (Å²) >= 11 is 1.54. The SMILES string of the molecule is C=CC[n+]1ccccc1/C=c1\s/c(=C2/C=Cc3ccccc3N2C)c(=O)n1CC.Cc1ccc(S(=O)(=O)[O-])cc1. The third-order valence-electron chi connectivity index (χ3n) is 6.42. The van der Waals surface area contributed by atoms with Crippen molar-refractivity contribution in [3.8, 4) is 0 Å². The Morgan fingerprint density at radius 2 is 1.73 bits per heavy atom. The van der Waals surface area contributed by atoms with E-state index in [0.717, 1.165) is 43.9 Å². The zero-order valence-electron chi connectivity index (χ0n) is 22.7. The van der Waals surface area contributed by atoms with Gasteiger partial charge in [0.2, 0.25) is 5.69 Å². The van der Waals surface area contributed by atoms with E-state index in [9.17, 15) is 17.8 Å². The third kappa shape index (κ3) is 6.39. The summed E-state index contributed by atoms with van der Waals surface area (Å²) in [7, 11) is -2.25. The smallest absolute Gasteiger partial charge is 0.271 e. The predicted molar refractivity (Wildman–Crippen MR) is 160 cm³/mol. The van der Waals surface area contributed by atoms with Crippen LogP contribution in [0.4, 0.5) is 5.69 Å². The molecule has 0 radical (unpaired) electrons. The molecular formula is C31H31N3O4S2. The van der Waals surface area contributed by atoms with Crippen molar-refractivity contribution < 1.29 is 17.5 Å². The monoisotopic (exact) mass is 573 g/mol. The van der Waals surface area contributed by atoms with Crippen LogP contribution in [0, 0.1) is 6.92 Å². The second-order valence-corrected chi connectivity index (χ2v) is 11.5. The molecule has 9 heteroatoms. The number of benzene rings is 2. The van der Waals surface area contributed by atoms with Gasteiger partial charge in [0, 0.05) is 37.5 Å². The first-order chi connectivity index (χ1) is 19.1. The van der Waals surface area contributed by atoms with Crippen LogP contribution in [0.1, 0.15) is 23.7 Å². The molecule has 0 spiro atoms. The molecule has 0 saturated carbocycles. The lowest BCUT2D eigenvalue weighted by atomic mass is 10.1. The van der Waals surface area contributed by atoms with Crippen molar-refractivity contribution in [1.29, 1.82) is 0 Å². The van der Waals surface area contributed by atoms with E-state index in [4.69, 9.17) is 0 Å². The molecule has 4 aromatic rings. The van der Waals surface area contributed by atoms with E-state index in [1.807, 2.05) is 68.1 Å². The van der Waals surface area contributed by atoms with Crippen LogP contribution >= 0.6 is 11.3 Å². The first-order valence-electron chi connectivity index (χ1n) is 12.7. The molecule has 0 N–H and O–H groups in total. The number of likely N-dealkylation sites (N-methyl/N-ethyl adjacent to an activating group) is 1. The molecule has 5 rings (SSSR count). The van der Waals surface area contributed by atoms with Gasteiger partial charge < -0.3 is 9.45 Å². The summed E-state index contributed by atoms with van der Waals surface area (Å²) in [4.78, 5) is 15.2. The van der Waals surface area contributed by atoms with Crippen LogP contribution in [-0.4, -0.2) is 24.6 Å². The van der Waals surface area contributed by atoms with E-state index in [1.165, 1.54) is 12.1 Å². The average molecular weight is 574 g/mol. The minimum Gasteiger partial charge on any atom is -0.744 e. The zero-order chi connectivity index (χ0) is 28.9. The number of thiazole rings is 1. The summed E-state index contributed by atoms with van der Waals surface area (Å²) in [6.45, 7) is 9.03. The van der Waals surface area contributed by atoms with E-state index in [2.05, 4.69) is 46.4 Å². The normalized spacial score (nSPS) is 14.4. The number of aromatic nitrogens is 2. The molecule has 0 amide bonds. The zero-order valence-corrected chi connectivity index (χ0v) is 24.3. The Hall–Kier alpha value is -4.05. The second-order valence-electron chi connectivity index (χ2n) is 9.13. The maximum absolute atomic E-state index is 13.2. The number of hydrogen-bond donors (Lipinski definition) is 0. The van der Waals surface area contributed by atoms with Crippen molar-refractivity contribution in [1.82, 2.24) is 4.57 Å². The topological polar surface area (TPSA) is 86.3 Å². The highest BCUT2D eigenvalue weighted by Crippen LogP contribution is 2.29. The maximum Gasteiger partial charge on any atom is 0.271 e. The molecule has 0 saturated heterocycles. The number of para-hydroxylation sites is 1. The van der Waals surface area contributed by atoms with Gasteiger partial charge in [0.15, 0.2) is 12.7 Å². The maximum atomic E-state index is 13.2. The van der Waals surface area contributed by atoms with Crippen molar-refractivity contribution in [3.63, 3.8) is 0 Å². The molecule has 1 aliphatic rings. The van der Waals surface area contributed by atoms with Crippen LogP contribution < -0.4 is 24.2 Å². The van der Waals surface area contributed by atoms with Gasteiger partial charge in [0.1, 0.15) is 19.3 Å². The van der Waals surface area contributed by atoms with Gasteiger partial charge in [-0.25, -0.2) is 8.42 Å². The first-order valence-corrected chi connectivity index (χ1v) is 14.9. The van der Waals surface area contributed by atoms with Crippen molar-refractivity contribution in [3.05, 3.63) is 128 Å². The van der Waals surface area contributed by atoms with Gasteiger partial charge in [-0.2, -0.15) is 4.57 Å². The quantitative estimate of drug-likeness (QED) is 0.208. The fourth-order valence-corrected chi connectivity index (χ4v) is 6.01. The van der Waals surface area contributed by atoms with E-state index in [0.29, 0.717) is 6.54 Å². The molecule has 0 atom stereocenters. The average Bonchev–Trinajstić information content (AvgIpc) is 3.24. The fourth-order valence-electron chi connectivity index (χ4n) is 4.32. The lowest BCUT2D eigenvalue weighted by molar-refractivity contribution is -0.688. The summed E-state index contributed by atoms with van der Waals surface area (Å²) in [5.41, 5.74) is 5.24. The van der Waals surface area contributed by atoms with Crippen LogP contribution in [0.25, 0.3) is 17.8 Å². The van der Waals surface area contributed by atoms with E-state index >= 15 is 0 Å². The number of rotatable bonds is 5. The van der Waals surface area contributed by atoms with E-state index in [-0.39, 0.29) is 10.5 Å². The number of nitrogens with zero attached hydrogens (tertiary/aromatic N) is 3. The molecule has 0 aliphatic carbocycles. The summed E-state index contributed by atoms with van der Waals surface area (Å²) in [6, 6.07) is 20.1. The number of fused-ring (bicyclic) bond motifs is 1. The largest absolute Gasteiger partial charge is 0.744 e. The van der Waals surface area contributed by atoms with Crippen molar-refractivity contribution >= 4 is 45.0 Å². The Morgan fingerprint density at radius 1 is 1.02 bits per heavy atom. The second kappa shape index (κ2) is 12.4. The lowest BCUT2D eigenvalue weighted by Crippen LogP contribution is -2.37. The number of hydrogen-bond acceptors (Lipinski definition) is 6. The minimum atomic E-state index is -4.27. The van der Waals surface area contributed by atoms with Crippen LogP contribution in [-0.2, 0) is 23.2 Å². The molecule has 2 aromatic carbocycles. The van der Waals surface area contributed by atoms with Crippen LogP contribution in [0.5, 0.6) is 0 Å². The van der Waals surface area contributed by atoms with Gasteiger partial charge in [0.05, 0.1) is 10.6 Å². The Morgan fingerprint density at radius 3 is 2.40 bits per heavy atom. The first kappa shape index (κ1) is 28.9. The standard InChI is InChI=1S/C24H24N3OS.C7H8O3S/c1-4-15-26-16-9-8-11-19(26)17-22-27(5-2)24(28)23(29-22)21-14-13-18-10-6-7-12-20(18)25(21)3;1-6-2-4-7(5-3-6)11(8,9)10/h4,6-14,16-17H,1,5,15H2,2-3H3;2-5H,1H3,(H,8,9,10)/q+1;/p-1/b23-21-;. The van der Waals surface area contributed by atoms with E-state index in [1.54, 1.807) is 23.5 Å². The number of aryl methyl sites for hydroxylation is 1. The minimum absolute atomic E-state index is 0.0563. The van der Waals surface area contributed by atoms with Gasteiger partial charge in [-0.3, -0.25) is 9.36 Å². The van der Waals surface area contributed by atoms with Crippen molar-refractivity contribution in [2.75, 3.05) is 11.9 Å². The molecule has 2 aromatic heterocycles. The molecule has 1 aliphatic heterocycles. The van der Waals surface area contributed by atoms with Crippen molar-refractivity contribution in [2.24, 2.45) is 0 Å². The Labute approximate surface area is 238 Å². The molecule has 3 heterocycles. The van der Waals surface area contributed by atoms with Gasteiger partial charge in [-0.05, 0) is 55.8 Å². The highest BCUT2D eigenvalue weighted by molar-refractivity contribution is 7.85. The van der Waals surface area contributed by atoms with Crippen molar-refractivity contribution in [2.45, 2.75) is 31.8 Å².